The van der Waals surface area contributed by atoms with Crippen LogP contribution >= 0.6 is 0 Å². The quantitative estimate of drug-likeness (QED) is 0.906. The van der Waals surface area contributed by atoms with Crippen molar-refractivity contribution < 1.29 is 9.84 Å². The number of hydrogen-bond donors (Lipinski definition) is 1. The highest BCUT2D eigenvalue weighted by atomic mass is 16.5. The zero-order chi connectivity index (χ0) is 13.6. The molecule has 3 unspecified atom stereocenters. The van der Waals surface area contributed by atoms with Gasteiger partial charge in [-0.3, -0.25) is 4.98 Å². The third-order valence-electron chi connectivity index (χ3n) is 5.07. The van der Waals surface area contributed by atoms with Crippen LogP contribution in [0, 0.1) is 31.6 Å². The molecule has 0 aromatic carbocycles. The van der Waals surface area contributed by atoms with Crippen LogP contribution in [0.1, 0.15) is 36.1 Å². The van der Waals surface area contributed by atoms with Crippen molar-refractivity contribution in [3.8, 4) is 5.75 Å². The van der Waals surface area contributed by atoms with Crippen LogP contribution in [0.2, 0.25) is 0 Å². The van der Waals surface area contributed by atoms with Crippen LogP contribution in [-0.4, -0.2) is 23.3 Å². The monoisotopic (exact) mass is 261 g/mol. The van der Waals surface area contributed by atoms with E-state index in [1.54, 1.807) is 7.11 Å². The molecule has 3 atom stereocenters. The van der Waals surface area contributed by atoms with Gasteiger partial charge in [-0.15, -0.1) is 0 Å². The van der Waals surface area contributed by atoms with Gasteiger partial charge in [-0.1, -0.05) is 6.42 Å². The SMILES string of the molecule is COc1c(C)cnc(CC(O)C2C3CCCC32)c1C. The van der Waals surface area contributed by atoms with Gasteiger partial charge in [0.25, 0.3) is 0 Å². The lowest BCUT2D eigenvalue weighted by Crippen LogP contribution is -2.18. The molecular formula is C16H23NO2. The van der Waals surface area contributed by atoms with E-state index in [9.17, 15) is 5.11 Å². The van der Waals surface area contributed by atoms with Crippen LogP contribution < -0.4 is 4.74 Å². The lowest BCUT2D eigenvalue weighted by molar-refractivity contribution is 0.134. The average Bonchev–Trinajstić information content (AvgIpc) is 2.87. The molecule has 0 saturated heterocycles. The van der Waals surface area contributed by atoms with Crippen LogP contribution in [0.5, 0.6) is 5.75 Å². The lowest BCUT2D eigenvalue weighted by atomic mass is 9.99. The van der Waals surface area contributed by atoms with Gasteiger partial charge in [0.2, 0.25) is 0 Å². The van der Waals surface area contributed by atoms with Gasteiger partial charge in [0.1, 0.15) is 5.75 Å². The second-order valence-electron chi connectivity index (χ2n) is 6.15. The Kier molecular flexibility index (Phi) is 3.25. The molecule has 1 heterocycles. The molecule has 1 aromatic rings. The summed E-state index contributed by atoms with van der Waals surface area (Å²) in [5, 5.41) is 10.4. The summed E-state index contributed by atoms with van der Waals surface area (Å²) in [6, 6.07) is 0. The molecule has 0 bridgehead atoms. The van der Waals surface area contributed by atoms with Crippen LogP contribution in [0.3, 0.4) is 0 Å². The summed E-state index contributed by atoms with van der Waals surface area (Å²) in [4.78, 5) is 4.49. The molecule has 0 aliphatic heterocycles. The van der Waals surface area contributed by atoms with Gasteiger partial charge in [-0.2, -0.15) is 0 Å². The second kappa shape index (κ2) is 4.78. The normalized spacial score (nSPS) is 30.0. The molecule has 104 valence electrons. The number of aliphatic hydroxyl groups excluding tert-OH is 1. The minimum atomic E-state index is -0.228. The van der Waals surface area contributed by atoms with Gasteiger partial charge in [0.05, 0.1) is 13.2 Å². The number of aryl methyl sites for hydroxylation is 1. The summed E-state index contributed by atoms with van der Waals surface area (Å²) in [7, 11) is 1.70. The number of ether oxygens (including phenoxy) is 1. The van der Waals surface area contributed by atoms with E-state index < -0.39 is 0 Å². The number of hydrogen-bond acceptors (Lipinski definition) is 3. The standard InChI is InChI=1S/C16H23NO2/c1-9-8-17-13(10(2)16(9)19-3)7-14(18)15-11-5-4-6-12(11)15/h8,11-12,14-15,18H,4-7H2,1-3H3. The third kappa shape index (κ3) is 2.14. The largest absolute Gasteiger partial charge is 0.496 e. The molecule has 2 aliphatic rings. The van der Waals surface area contributed by atoms with Crippen molar-refractivity contribution in [2.75, 3.05) is 7.11 Å². The maximum atomic E-state index is 10.4. The van der Waals surface area contributed by atoms with E-state index >= 15 is 0 Å². The first-order valence-electron chi connectivity index (χ1n) is 7.30. The van der Waals surface area contributed by atoms with Crippen molar-refractivity contribution in [2.24, 2.45) is 17.8 Å². The fourth-order valence-corrected chi connectivity index (χ4v) is 4.06. The fraction of sp³-hybridized carbons (Fsp3) is 0.688. The molecule has 3 heteroatoms. The maximum Gasteiger partial charge on any atom is 0.128 e. The topological polar surface area (TPSA) is 42.4 Å². The first kappa shape index (κ1) is 12.9. The number of aromatic nitrogens is 1. The Morgan fingerprint density at radius 2 is 2.05 bits per heavy atom. The third-order valence-corrected chi connectivity index (χ3v) is 5.07. The van der Waals surface area contributed by atoms with Crippen molar-refractivity contribution in [2.45, 2.75) is 45.6 Å². The molecular weight excluding hydrogens is 238 g/mol. The van der Waals surface area contributed by atoms with Crippen LogP contribution in [-0.2, 0) is 6.42 Å². The summed E-state index contributed by atoms with van der Waals surface area (Å²) in [5.74, 6) is 3.03. The summed E-state index contributed by atoms with van der Waals surface area (Å²) >= 11 is 0. The predicted molar refractivity (Wildman–Crippen MR) is 74.3 cm³/mol. The molecule has 1 aromatic heterocycles. The molecule has 2 fully saturated rings. The molecule has 19 heavy (non-hydrogen) atoms. The van der Waals surface area contributed by atoms with E-state index in [2.05, 4.69) is 4.98 Å². The predicted octanol–water partition coefficient (Wildman–Crippen LogP) is 2.66. The Morgan fingerprint density at radius 3 is 2.68 bits per heavy atom. The summed E-state index contributed by atoms with van der Waals surface area (Å²) in [6.07, 6.45) is 6.27. The smallest absolute Gasteiger partial charge is 0.128 e. The van der Waals surface area contributed by atoms with Gasteiger partial charge in [0.15, 0.2) is 0 Å². The van der Waals surface area contributed by atoms with E-state index in [0.29, 0.717) is 12.3 Å². The van der Waals surface area contributed by atoms with E-state index in [4.69, 9.17) is 4.74 Å². The van der Waals surface area contributed by atoms with Crippen molar-refractivity contribution >= 4 is 0 Å². The first-order valence-corrected chi connectivity index (χ1v) is 7.30. The highest BCUT2D eigenvalue weighted by Gasteiger charge is 2.55. The van der Waals surface area contributed by atoms with Gasteiger partial charge in [0, 0.05) is 29.4 Å². The van der Waals surface area contributed by atoms with Gasteiger partial charge in [-0.05, 0) is 44.4 Å². The van der Waals surface area contributed by atoms with Crippen molar-refractivity contribution in [1.29, 1.82) is 0 Å². The Balaban J connectivity index is 1.73. The number of pyridine rings is 1. The Bertz CT molecular complexity index is 476. The summed E-state index contributed by atoms with van der Waals surface area (Å²) in [6.45, 7) is 4.04. The van der Waals surface area contributed by atoms with Crippen molar-refractivity contribution in [3.63, 3.8) is 0 Å². The van der Waals surface area contributed by atoms with E-state index in [0.717, 1.165) is 34.4 Å². The number of nitrogens with zero attached hydrogens (tertiary/aromatic N) is 1. The van der Waals surface area contributed by atoms with Gasteiger partial charge >= 0.3 is 0 Å². The number of methoxy groups -OCH3 is 1. The molecule has 3 nitrogen and oxygen atoms in total. The average molecular weight is 261 g/mol. The molecule has 0 amide bonds. The second-order valence-corrected chi connectivity index (χ2v) is 6.15. The Morgan fingerprint density at radius 1 is 1.37 bits per heavy atom. The fourth-order valence-electron chi connectivity index (χ4n) is 4.06. The Labute approximate surface area is 115 Å². The van der Waals surface area contributed by atoms with Crippen LogP contribution in [0.25, 0.3) is 0 Å². The van der Waals surface area contributed by atoms with E-state index in [-0.39, 0.29) is 6.10 Å². The molecule has 1 N–H and O–H groups in total. The highest BCUT2D eigenvalue weighted by molar-refractivity contribution is 5.41. The summed E-state index contributed by atoms with van der Waals surface area (Å²) < 4.78 is 5.43. The number of fused-ring (bicyclic) bond motifs is 1. The molecule has 2 aliphatic carbocycles. The van der Waals surface area contributed by atoms with Crippen molar-refractivity contribution in [3.05, 3.63) is 23.0 Å². The highest BCUT2D eigenvalue weighted by Crippen LogP contribution is 2.59. The van der Waals surface area contributed by atoms with Crippen molar-refractivity contribution in [1.82, 2.24) is 4.98 Å². The molecule has 0 spiro atoms. The Hall–Kier alpha value is -1.09. The van der Waals surface area contributed by atoms with Gasteiger partial charge in [-0.25, -0.2) is 0 Å². The first-order chi connectivity index (χ1) is 9.13. The van der Waals surface area contributed by atoms with E-state index in [1.165, 1.54) is 19.3 Å². The van der Waals surface area contributed by atoms with E-state index in [1.807, 2.05) is 20.0 Å². The van der Waals surface area contributed by atoms with Crippen LogP contribution in [0.15, 0.2) is 6.20 Å². The zero-order valence-corrected chi connectivity index (χ0v) is 12.0. The van der Waals surface area contributed by atoms with Crippen LogP contribution in [0.4, 0.5) is 0 Å². The molecule has 3 rings (SSSR count). The minimum Gasteiger partial charge on any atom is -0.496 e. The lowest BCUT2D eigenvalue weighted by Gasteiger charge is -2.16. The molecule has 2 saturated carbocycles. The zero-order valence-electron chi connectivity index (χ0n) is 12.0. The summed E-state index contributed by atoms with van der Waals surface area (Å²) in [5.41, 5.74) is 3.12. The molecule has 0 radical (unpaired) electrons. The minimum absolute atomic E-state index is 0.228. The number of rotatable bonds is 4. The number of aliphatic hydroxyl groups is 1. The van der Waals surface area contributed by atoms with Gasteiger partial charge < -0.3 is 9.84 Å². The maximum absolute atomic E-state index is 10.4.